The summed E-state index contributed by atoms with van der Waals surface area (Å²) in [5.41, 5.74) is 1.51. The van der Waals surface area contributed by atoms with Gasteiger partial charge in [-0.25, -0.2) is 4.98 Å². The molecule has 1 aromatic heterocycles. The Bertz CT molecular complexity index is 867. The molecule has 0 unspecified atom stereocenters. The van der Waals surface area contributed by atoms with Gasteiger partial charge in [-0.2, -0.15) is 0 Å². The molecule has 0 spiro atoms. The molecule has 3 aromatic rings. The third kappa shape index (κ3) is 4.52. The van der Waals surface area contributed by atoms with Crippen molar-refractivity contribution in [2.75, 3.05) is 18.2 Å². The van der Waals surface area contributed by atoms with Crippen LogP contribution in [0.1, 0.15) is 0 Å². The summed E-state index contributed by atoms with van der Waals surface area (Å²) in [5.74, 6) is 1.27. The van der Waals surface area contributed by atoms with Crippen LogP contribution < -0.4 is 10.1 Å². The summed E-state index contributed by atoms with van der Waals surface area (Å²) in [4.78, 5) is 16.5. The van der Waals surface area contributed by atoms with E-state index in [1.807, 2.05) is 24.3 Å². The number of aromatic nitrogens is 3. The van der Waals surface area contributed by atoms with Crippen LogP contribution >= 0.6 is 23.4 Å². The highest BCUT2D eigenvalue weighted by molar-refractivity contribution is 7.99. The Morgan fingerprint density at radius 3 is 2.76 bits per heavy atom. The van der Waals surface area contributed by atoms with Crippen LogP contribution in [0, 0.1) is 0 Å². The zero-order valence-corrected chi connectivity index (χ0v) is 14.9. The van der Waals surface area contributed by atoms with Crippen LogP contribution in [0.2, 0.25) is 5.02 Å². The van der Waals surface area contributed by atoms with Crippen molar-refractivity contribution in [3.63, 3.8) is 0 Å². The second kappa shape index (κ2) is 8.04. The summed E-state index contributed by atoms with van der Waals surface area (Å²) in [7, 11) is 1.56. The number of anilines is 1. The van der Waals surface area contributed by atoms with E-state index in [2.05, 4.69) is 20.5 Å². The molecule has 0 aliphatic rings. The van der Waals surface area contributed by atoms with E-state index in [-0.39, 0.29) is 11.7 Å². The molecule has 25 heavy (non-hydrogen) atoms. The van der Waals surface area contributed by atoms with Crippen molar-refractivity contribution in [3.8, 4) is 17.1 Å². The van der Waals surface area contributed by atoms with E-state index in [0.717, 1.165) is 5.56 Å². The van der Waals surface area contributed by atoms with Crippen molar-refractivity contribution < 1.29 is 9.53 Å². The van der Waals surface area contributed by atoms with Gasteiger partial charge in [-0.15, -0.1) is 5.10 Å². The first-order valence-corrected chi connectivity index (χ1v) is 8.76. The third-order valence-corrected chi connectivity index (χ3v) is 4.40. The fraction of sp³-hybridized carbons (Fsp3) is 0.118. The Balaban J connectivity index is 1.58. The van der Waals surface area contributed by atoms with Gasteiger partial charge in [0.15, 0.2) is 5.82 Å². The number of carbonyl (C=O) groups is 1. The van der Waals surface area contributed by atoms with E-state index in [4.69, 9.17) is 16.3 Å². The van der Waals surface area contributed by atoms with Crippen LogP contribution in [0.5, 0.6) is 5.75 Å². The molecule has 6 nitrogen and oxygen atoms in total. The molecule has 0 aliphatic carbocycles. The van der Waals surface area contributed by atoms with Gasteiger partial charge >= 0.3 is 0 Å². The van der Waals surface area contributed by atoms with Gasteiger partial charge in [0.05, 0.1) is 18.6 Å². The highest BCUT2D eigenvalue weighted by atomic mass is 35.5. The molecule has 0 saturated carbocycles. The summed E-state index contributed by atoms with van der Waals surface area (Å²) >= 11 is 7.12. The number of amides is 1. The van der Waals surface area contributed by atoms with Gasteiger partial charge in [0.1, 0.15) is 5.75 Å². The van der Waals surface area contributed by atoms with E-state index < -0.39 is 0 Å². The van der Waals surface area contributed by atoms with Gasteiger partial charge in [0, 0.05) is 10.6 Å². The van der Waals surface area contributed by atoms with Crippen LogP contribution in [0.4, 0.5) is 5.69 Å². The van der Waals surface area contributed by atoms with Gasteiger partial charge in [-0.05, 0) is 36.4 Å². The van der Waals surface area contributed by atoms with Crippen LogP contribution in [0.25, 0.3) is 11.4 Å². The number of methoxy groups -OCH3 is 1. The van der Waals surface area contributed by atoms with E-state index >= 15 is 0 Å². The molecule has 0 fully saturated rings. The summed E-state index contributed by atoms with van der Waals surface area (Å²) < 4.78 is 5.21. The van der Waals surface area contributed by atoms with E-state index in [0.29, 0.717) is 27.4 Å². The number of rotatable bonds is 6. The second-order valence-corrected chi connectivity index (χ2v) is 6.39. The summed E-state index contributed by atoms with van der Waals surface area (Å²) in [6.07, 6.45) is 0. The molecule has 0 atom stereocenters. The highest BCUT2D eigenvalue weighted by Crippen LogP contribution is 2.24. The number of hydrogen-bond acceptors (Lipinski definition) is 5. The molecule has 2 N–H and O–H groups in total. The molecule has 1 heterocycles. The Morgan fingerprint density at radius 2 is 2.00 bits per heavy atom. The molecule has 0 bridgehead atoms. The maximum atomic E-state index is 12.1. The van der Waals surface area contributed by atoms with Crippen molar-refractivity contribution in [3.05, 3.63) is 53.6 Å². The Hall–Kier alpha value is -2.51. The van der Waals surface area contributed by atoms with Gasteiger partial charge in [0.25, 0.3) is 0 Å². The lowest BCUT2D eigenvalue weighted by molar-refractivity contribution is -0.113. The molecule has 0 radical (unpaired) electrons. The number of ether oxygens (including phenoxy) is 1. The van der Waals surface area contributed by atoms with Gasteiger partial charge in [-0.3, -0.25) is 9.89 Å². The summed E-state index contributed by atoms with van der Waals surface area (Å²) in [6.45, 7) is 0. The second-order valence-electron chi connectivity index (χ2n) is 5.01. The molecular formula is C17H15ClN4O2S. The fourth-order valence-corrected chi connectivity index (χ4v) is 2.84. The van der Waals surface area contributed by atoms with E-state index in [1.54, 1.807) is 31.4 Å². The Morgan fingerprint density at radius 1 is 1.24 bits per heavy atom. The minimum Gasteiger partial charge on any atom is -0.495 e. The fourth-order valence-electron chi connectivity index (χ4n) is 2.11. The lowest BCUT2D eigenvalue weighted by Gasteiger charge is -2.08. The standard InChI is InChI=1S/C17H15ClN4O2S/c1-24-14-5-3-2-4-13(14)19-15(23)10-25-17-20-16(21-22-17)11-6-8-12(18)9-7-11/h2-9H,10H2,1H3,(H,19,23)(H,20,21,22). The zero-order valence-electron chi connectivity index (χ0n) is 13.3. The van der Waals surface area contributed by atoms with E-state index in [1.165, 1.54) is 11.8 Å². The number of nitrogens with one attached hydrogen (secondary N) is 2. The lowest BCUT2D eigenvalue weighted by atomic mass is 10.2. The number of hydrogen-bond donors (Lipinski definition) is 2. The maximum absolute atomic E-state index is 12.1. The molecule has 1 amide bonds. The number of para-hydroxylation sites is 2. The number of thioether (sulfide) groups is 1. The molecular weight excluding hydrogens is 360 g/mol. The number of carbonyl (C=O) groups excluding carboxylic acids is 1. The van der Waals surface area contributed by atoms with Crippen molar-refractivity contribution in [2.45, 2.75) is 5.16 Å². The highest BCUT2D eigenvalue weighted by Gasteiger charge is 2.11. The Kier molecular flexibility index (Phi) is 5.57. The Labute approximate surface area is 154 Å². The molecule has 3 rings (SSSR count). The first-order valence-electron chi connectivity index (χ1n) is 7.39. The minimum atomic E-state index is -0.160. The minimum absolute atomic E-state index is 0.160. The van der Waals surface area contributed by atoms with Crippen LogP contribution in [-0.2, 0) is 4.79 Å². The molecule has 128 valence electrons. The normalized spacial score (nSPS) is 10.5. The molecule has 2 aromatic carbocycles. The number of aromatic amines is 1. The first kappa shape index (κ1) is 17.3. The smallest absolute Gasteiger partial charge is 0.234 e. The molecule has 0 saturated heterocycles. The topological polar surface area (TPSA) is 79.9 Å². The summed E-state index contributed by atoms with van der Waals surface area (Å²) in [5, 5.41) is 10.9. The van der Waals surface area contributed by atoms with Crippen molar-refractivity contribution in [1.29, 1.82) is 0 Å². The van der Waals surface area contributed by atoms with Crippen molar-refractivity contribution in [2.24, 2.45) is 0 Å². The maximum Gasteiger partial charge on any atom is 0.234 e. The van der Waals surface area contributed by atoms with Crippen LogP contribution in [-0.4, -0.2) is 34.0 Å². The molecule has 0 aliphatic heterocycles. The van der Waals surface area contributed by atoms with E-state index in [9.17, 15) is 4.79 Å². The quantitative estimate of drug-likeness (QED) is 0.640. The number of halogens is 1. The van der Waals surface area contributed by atoms with Gasteiger partial charge in [0.2, 0.25) is 11.1 Å². The van der Waals surface area contributed by atoms with Gasteiger partial charge in [-0.1, -0.05) is 35.5 Å². The number of H-pyrrole nitrogens is 1. The predicted octanol–water partition coefficient (Wildman–Crippen LogP) is 3.86. The zero-order chi connectivity index (χ0) is 17.6. The molecule has 8 heteroatoms. The SMILES string of the molecule is COc1ccccc1NC(=O)CSc1n[nH]c(-c2ccc(Cl)cc2)n1. The first-order chi connectivity index (χ1) is 12.2. The average molecular weight is 375 g/mol. The predicted molar refractivity (Wildman–Crippen MR) is 99.2 cm³/mol. The third-order valence-electron chi connectivity index (χ3n) is 3.30. The monoisotopic (exact) mass is 374 g/mol. The van der Waals surface area contributed by atoms with Gasteiger partial charge < -0.3 is 10.1 Å². The lowest BCUT2D eigenvalue weighted by Crippen LogP contribution is -2.14. The van der Waals surface area contributed by atoms with Crippen LogP contribution in [0.15, 0.2) is 53.7 Å². The van der Waals surface area contributed by atoms with Crippen LogP contribution in [0.3, 0.4) is 0 Å². The number of benzene rings is 2. The average Bonchev–Trinajstić information content (AvgIpc) is 3.10. The van der Waals surface area contributed by atoms with Crippen molar-refractivity contribution >= 4 is 35.0 Å². The largest absolute Gasteiger partial charge is 0.495 e. The van der Waals surface area contributed by atoms with Crippen molar-refractivity contribution in [1.82, 2.24) is 15.2 Å². The summed E-state index contributed by atoms with van der Waals surface area (Å²) in [6, 6.07) is 14.5. The number of nitrogens with zero attached hydrogens (tertiary/aromatic N) is 2.